The van der Waals surface area contributed by atoms with Gasteiger partial charge in [0, 0.05) is 4.88 Å². The number of hydrogen-bond donors (Lipinski definition) is 2. The summed E-state index contributed by atoms with van der Waals surface area (Å²) in [6.07, 6.45) is 4.13. The molecule has 1 aliphatic rings. The third kappa shape index (κ3) is 2.98. The smallest absolute Gasteiger partial charge is 0.329 e. The first-order valence-corrected chi connectivity index (χ1v) is 8.37. The van der Waals surface area contributed by atoms with E-state index in [4.69, 9.17) is 0 Å². The van der Waals surface area contributed by atoms with Crippen LogP contribution in [0.2, 0.25) is 0 Å². The van der Waals surface area contributed by atoms with Crippen molar-refractivity contribution in [3.8, 4) is 0 Å². The van der Waals surface area contributed by atoms with Gasteiger partial charge in [-0.15, -0.1) is 11.3 Å². The van der Waals surface area contributed by atoms with Crippen molar-refractivity contribution < 1.29 is 14.7 Å². The lowest BCUT2D eigenvalue weighted by Crippen LogP contribution is -2.59. The zero-order valence-electron chi connectivity index (χ0n) is 12.9. The predicted molar refractivity (Wildman–Crippen MR) is 83.9 cm³/mol. The third-order valence-corrected chi connectivity index (χ3v) is 5.96. The summed E-state index contributed by atoms with van der Waals surface area (Å²) >= 11 is 1.46. The number of hydrogen-bond acceptors (Lipinski definition) is 3. The lowest BCUT2D eigenvalue weighted by molar-refractivity contribution is -0.148. The van der Waals surface area contributed by atoms with E-state index in [2.05, 4.69) is 12.2 Å². The molecule has 1 amide bonds. The second-order valence-corrected chi connectivity index (χ2v) is 7.08. The molecule has 0 aromatic carbocycles. The highest BCUT2D eigenvalue weighted by Gasteiger charge is 2.46. The monoisotopic (exact) mass is 309 g/mol. The highest BCUT2D eigenvalue weighted by atomic mass is 32.1. The van der Waals surface area contributed by atoms with E-state index < -0.39 is 11.5 Å². The van der Waals surface area contributed by atoms with Gasteiger partial charge in [0.15, 0.2) is 0 Å². The highest BCUT2D eigenvalue weighted by Crippen LogP contribution is 2.34. The van der Waals surface area contributed by atoms with Crippen molar-refractivity contribution in [1.82, 2.24) is 5.32 Å². The lowest BCUT2D eigenvalue weighted by Gasteiger charge is -2.39. The van der Waals surface area contributed by atoms with Crippen LogP contribution in [0, 0.1) is 12.8 Å². The molecular formula is C16H23NO3S. The maximum Gasteiger partial charge on any atom is 0.329 e. The molecule has 0 aliphatic heterocycles. The Morgan fingerprint density at radius 3 is 2.71 bits per heavy atom. The summed E-state index contributed by atoms with van der Waals surface area (Å²) in [6.45, 7) is 5.97. The Morgan fingerprint density at radius 2 is 2.19 bits per heavy atom. The standard InChI is InChI=1S/C16H23NO3S/c1-4-12-10(2)9-13(21-12)14(18)17-16(15(19)20)8-6-5-7-11(16)3/h9,11H,4-8H2,1-3H3,(H,17,18)(H,19,20). The molecule has 0 radical (unpaired) electrons. The van der Waals surface area contributed by atoms with Gasteiger partial charge in [-0.2, -0.15) is 0 Å². The van der Waals surface area contributed by atoms with E-state index in [1.807, 2.05) is 19.9 Å². The van der Waals surface area contributed by atoms with E-state index in [0.29, 0.717) is 11.3 Å². The van der Waals surface area contributed by atoms with Gasteiger partial charge in [-0.3, -0.25) is 4.79 Å². The van der Waals surface area contributed by atoms with Crippen LogP contribution in [0.15, 0.2) is 6.07 Å². The van der Waals surface area contributed by atoms with Crippen molar-refractivity contribution >= 4 is 23.2 Å². The maximum atomic E-state index is 12.5. The molecule has 116 valence electrons. The summed E-state index contributed by atoms with van der Waals surface area (Å²) in [4.78, 5) is 26.1. The van der Waals surface area contributed by atoms with Gasteiger partial charge in [0.2, 0.25) is 0 Å². The summed E-state index contributed by atoms with van der Waals surface area (Å²) in [7, 11) is 0. The zero-order valence-corrected chi connectivity index (χ0v) is 13.7. The van der Waals surface area contributed by atoms with E-state index in [9.17, 15) is 14.7 Å². The van der Waals surface area contributed by atoms with E-state index >= 15 is 0 Å². The molecule has 2 atom stereocenters. The van der Waals surface area contributed by atoms with Gasteiger partial charge in [0.25, 0.3) is 5.91 Å². The van der Waals surface area contributed by atoms with Gasteiger partial charge < -0.3 is 10.4 Å². The van der Waals surface area contributed by atoms with Crippen molar-refractivity contribution in [1.29, 1.82) is 0 Å². The zero-order chi connectivity index (χ0) is 15.6. The van der Waals surface area contributed by atoms with Crippen LogP contribution < -0.4 is 5.32 Å². The molecule has 0 saturated heterocycles. The number of rotatable bonds is 4. The molecular weight excluding hydrogens is 286 g/mol. The molecule has 1 fully saturated rings. The Bertz CT molecular complexity index is 552. The van der Waals surface area contributed by atoms with E-state index in [-0.39, 0.29) is 11.8 Å². The molecule has 1 aliphatic carbocycles. The normalized spacial score (nSPS) is 25.6. The fraction of sp³-hybridized carbons (Fsp3) is 0.625. The first kappa shape index (κ1) is 16.0. The van der Waals surface area contributed by atoms with Crippen LogP contribution in [0.3, 0.4) is 0 Å². The molecule has 21 heavy (non-hydrogen) atoms. The minimum atomic E-state index is -1.11. The van der Waals surface area contributed by atoms with Gasteiger partial charge in [0.05, 0.1) is 4.88 Å². The number of carboxylic acid groups (broad SMARTS) is 1. The molecule has 0 bridgehead atoms. The average Bonchev–Trinajstić information content (AvgIpc) is 2.82. The summed E-state index contributed by atoms with van der Waals surface area (Å²) in [5, 5.41) is 12.5. The Morgan fingerprint density at radius 1 is 1.48 bits per heavy atom. The van der Waals surface area contributed by atoms with Crippen molar-refractivity contribution in [3.05, 3.63) is 21.4 Å². The fourth-order valence-electron chi connectivity index (χ4n) is 3.15. The molecule has 4 nitrogen and oxygen atoms in total. The van der Waals surface area contributed by atoms with Crippen molar-refractivity contribution in [3.63, 3.8) is 0 Å². The molecule has 2 unspecified atom stereocenters. The van der Waals surface area contributed by atoms with Gasteiger partial charge in [-0.1, -0.05) is 26.7 Å². The number of carboxylic acids is 1. The topological polar surface area (TPSA) is 66.4 Å². The number of nitrogens with one attached hydrogen (secondary N) is 1. The van der Waals surface area contributed by atoms with Crippen LogP contribution in [0.1, 0.15) is 59.6 Å². The third-order valence-electron chi connectivity index (χ3n) is 4.58. The number of aliphatic carboxylic acids is 1. The van der Waals surface area contributed by atoms with Crippen LogP contribution >= 0.6 is 11.3 Å². The second kappa shape index (κ2) is 6.18. The van der Waals surface area contributed by atoms with Crippen molar-refractivity contribution in [2.24, 2.45) is 5.92 Å². The molecule has 1 heterocycles. The van der Waals surface area contributed by atoms with Crippen LogP contribution in [-0.2, 0) is 11.2 Å². The number of thiophene rings is 1. The Kier molecular flexibility index (Phi) is 4.71. The van der Waals surface area contributed by atoms with E-state index in [1.54, 1.807) is 0 Å². The minimum absolute atomic E-state index is 0.0422. The summed E-state index contributed by atoms with van der Waals surface area (Å²) in [5.74, 6) is -1.20. The first-order valence-electron chi connectivity index (χ1n) is 7.56. The SMILES string of the molecule is CCc1sc(C(=O)NC2(C(=O)O)CCCCC2C)cc1C. The largest absolute Gasteiger partial charge is 0.479 e. The Labute approximate surface area is 129 Å². The molecule has 2 rings (SSSR count). The summed E-state index contributed by atoms with van der Waals surface area (Å²) in [5.41, 5.74) is -0.00621. The molecule has 2 N–H and O–H groups in total. The number of aryl methyl sites for hydroxylation is 2. The van der Waals surface area contributed by atoms with Gasteiger partial charge >= 0.3 is 5.97 Å². The van der Waals surface area contributed by atoms with Gasteiger partial charge in [0.1, 0.15) is 5.54 Å². The Hall–Kier alpha value is -1.36. The number of carbonyl (C=O) groups excluding carboxylic acids is 1. The van der Waals surface area contributed by atoms with Crippen LogP contribution in [0.25, 0.3) is 0 Å². The fourth-order valence-corrected chi connectivity index (χ4v) is 4.16. The number of carbonyl (C=O) groups is 2. The van der Waals surface area contributed by atoms with Crippen molar-refractivity contribution in [2.75, 3.05) is 0 Å². The maximum absolute atomic E-state index is 12.5. The summed E-state index contributed by atoms with van der Waals surface area (Å²) < 4.78 is 0. The second-order valence-electron chi connectivity index (χ2n) is 5.95. The van der Waals surface area contributed by atoms with Crippen molar-refractivity contribution in [2.45, 2.75) is 58.4 Å². The van der Waals surface area contributed by atoms with Gasteiger partial charge in [-0.05, 0) is 43.7 Å². The Balaban J connectivity index is 2.24. The van der Waals surface area contributed by atoms with Crippen LogP contribution in [0.5, 0.6) is 0 Å². The van der Waals surface area contributed by atoms with Crippen LogP contribution in [-0.4, -0.2) is 22.5 Å². The quantitative estimate of drug-likeness (QED) is 0.896. The molecule has 1 saturated carbocycles. The molecule has 0 spiro atoms. The van der Waals surface area contributed by atoms with Gasteiger partial charge in [-0.25, -0.2) is 4.79 Å². The average molecular weight is 309 g/mol. The first-order chi connectivity index (χ1) is 9.90. The minimum Gasteiger partial charge on any atom is -0.479 e. The summed E-state index contributed by atoms with van der Waals surface area (Å²) in [6, 6.07) is 1.86. The van der Waals surface area contributed by atoms with Crippen LogP contribution in [0.4, 0.5) is 0 Å². The highest BCUT2D eigenvalue weighted by molar-refractivity contribution is 7.14. The predicted octanol–water partition coefficient (Wildman–Crippen LogP) is 3.38. The molecule has 1 aromatic heterocycles. The van der Waals surface area contributed by atoms with E-state index in [0.717, 1.165) is 31.2 Å². The van der Waals surface area contributed by atoms with E-state index in [1.165, 1.54) is 16.2 Å². The molecule has 1 aromatic rings. The molecule has 5 heteroatoms. The lowest BCUT2D eigenvalue weighted by atomic mass is 9.73. The number of amides is 1.